The highest BCUT2D eigenvalue weighted by Crippen LogP contribution is 2.28. The largest absolute Gasteiger partial charge is 0.478 e. The fraction of sp³-hybridized carbons (Fsp3) is 0.0833. The van der Waals surface area contributed by atoms with Crippen molar-refractivity contribution in [2.75, 3.05) is 0 Å². The number of hydrogen-bond donors (Lipinski definition) is 1. The van der Waals surface area contributed by atoms with Crippen molar-refractivity contribution in [2.45, 2.75) is 6.18 Å². The number of carbonyl (C=O) groups is 1. The van der Waals surface area contributed by atoms with Crippen LogP contribution in [0.4, 0.5) is 13.2 Å². The predicted molar refractivity (Wildman–Crippen MR) is 60.5 cm³/mol. The molecule has 0 aliphatic carbocycles. The van der Waals surface area contributed by atoms with Gasteiger partial charge in [-0.15, -0.1) is 10.2 Å². The Kier molecular flexibility index (Phi) is 3.55. The molecule has 0 aliphatic rings. The van der Waals surface area contributed by atoms with Crippen molar-refractivity contribution in [1.82, 2.24) is 10.2 Å². The Morgan fingerprint density at radius 1 is 1.05 bits per heavy atom. The van der Waals surface area contributed by atoms with Crippen LogP contribution in [-0.2, 0) is 6.18 Å². The summed E-state index contributed by atoms with van der Waals surface area (Å²) in [5, 5.41) is 15.0. The highest BCUT2D eigenvalue weighted by molar-refractivity contribution is 5.87. The van der Waals surface area contributed by atoms with E-state index in [2.05, 4.69) is 10.2 Å². The number of benzene rings is 1. The van der Waals surface area contributed by atoms with Gasteiger partial charge in [0.25, 0.3) is 0 Å². The van der Waals surface area contributed by atoms with Crippen LogP contribution in [0.25, 0.3) is 0 Å². The summed E-state index contributed by atoms with van der Waals surface area (Å²) in [6.45, 7) is 0. The second kappa shape index (κ2) is 5.16. The molecule has 20 heavy (non-hydrogen) atoms. The first-order valence-electron chi connectivity index (χ1n) is 5.28. The van der Waals surface area contributed by atoms with Gasteiger partial charge in [0.1, 0.15) is 5.75 Å². The SMILES string of the molecule is O=C(O)c1ccc(Oc2ccc(C(F)(F)F)nn2)cc1. The average Bonchev–Trinajstić information content (AvgIpc) is 2.39. The summed E-state index contributed by atoms with van der Waals surface area (Å²) in [5.41, 5.74) is -1.05. The molecular weight excluding hydrogens is 277 g/mol. The van der Waals surface area contributed by atoms with Gasteiger partial charge in [0.05, 0.1) is 5.56 Å². The molecule has 104 valence electrons. The Bertz CT molecular complexity index is 609. The van der Waals surface area contributed by atoms with Crippen LogP contribution >= 0.6 is 0 Å². The van der Waals surface area contributed by atoms with Gasteiger partial charge in [-0.1, -0.05) is 0 Å². The van der Waals surface area contributed by atoms with Crippen molar-refractivity contribution in [3.05, 3.63) is 47.7 Å². The molecule has 0 bridgehead atoms. The van der Waals surface area contributed by atoms with Crippen LogP contribution in [0.3, 0.4) is 0 Å². The number of nitrogens with zero attached hydrogens (tertiary/aromatic N) is 2. The molecule has 2 rings (SSSR count). The van der Waals surface area contributed by atoms with E-state index in [0.717, 1.165) is 12.1 Å². The number of aromatic nitrogens is 2. The standard InChI is InChI=1S/C12H7F3N2O3/c13-12(14,15)9-5-6-10(17-16-9)20-8-3-1-7(2-4-8)11(18)19/h1-6H,(H,18,19). The third kappa shape index (κ3) is 3.22. The monoisotopic (exact) mass is 284 g/mol. The fourth-order valence-electron chi connectivity index (χ4n) is 1.31. The maximum Gasteiger partial charge on any atom is 0.435 e. The normalized spacial score (nSPS) is 11.2. The summed E-state index contributed by atoms with van der Waals surface area (Å²) in [5.74, 6) is -0.976. The smallest absolute Gasteiger partial charge is 0.435 e. The molecular formula is C12H7F3N2O3. The van der Waals surface area contributed by atoms with E-state index in [1.54, 1.807) is 0 Å². The van der Waals surface area contributed by atoms with Crippen molar-refractivity contribution in [1.29, 1.82) is 0 Å². The van der Waals surface area contributed by atoms with Gasteiger partial charge in [-0.2, -0.15) is 13.2 Å². The first kappa shape index (κ1) is 13.8. The fourth-order valence-corrected chi connectivity index (χ4v) is 1.31. The van der Waals surface area contributed by atoms with E-state index in [9.17, 15) is 18.0 Å². The quantitative estimate of drug-likeness (QED) is 0.938. The van der Waals surface area contributed by atoms with Crippen LogP contribution in [0.2, 0.25) is 0 Å². The maximum absolute atomic E-state index is 12.3. The van der Waals surface area contributed by atoms with Crippen LogP contribution in [0.15, 0.2) is 36.4 Å². The lowest BCUT2D eigenvalue weighted by molar-refractivity contribution is -0.141. The van der Waals surface area contributed by atoms with E-state index in [1.807, 2.05) is 0 Å². The molecule has 8 heteroatoms. The van der Waals surface area contributed by atoms with E-state index >= 15 is 0 Å². The van der Waals surface area contributed by atoms with Crippen molar-refractivity contribution >= 4 is 5.97 Å². The van der Waals surface area contributed by atoms with E-state index < -0.39 is 17.8 Å². The molecule has 1 N–H and O–H groups in total. The lowest BCUT2D eigenvalue weighted by Crippen LogP contribution is -2.08. The summed E-state index contributed by atoms with van der Waals surface area (Å²) in [6, 6.07) is 7.10. The molecule has 0 saturated carbocycles. The third-order valence-electron chi connectivity index (χ3n) is 2.25. The average molecular weight is 284 g/mol. The maximum atomic E-state index is 12.3. The number of aromatic carboxylic acids is 1. The first-order chi connectivity index (χ1) is 9.36. The Morgan fingerprint density at radius 3 is 2.15 bits per heavy atom. The van der Waals surface area contributed by atoms with Gasteiger partial charge in [0, 0.05) is 6.07 Å². The summed E-state index contributed by atoms with van der Waals surface area (Å²) >= 11 is 0. The summed E-state index contributed by atoms with van der Waals surface area (Å²) in [6.07, 6.45) is -4.56. The Balaban J connectivity index is 2.12. The zero-order valence-electron chi connectivity index (χ0n) is 9.76. The minimum absolute atomic E-state index is 0.0656. The molecule has 1 aromatic heterocycles. The van der Waals surface area contributed by atoms with Crippen LogP contribution in [0, 0.1) is 0 Å². The van der Waals surface area contributed by atoms with Crippen LogP contribution < -0.4 is 4.74 Å². The lowest BCUT2D eigenvalue weighted by Gasteiger charge is -2.06. The Morgan fingerprint density at radius 2 is 1.70 bits per heavy atom. The lowest BCUT2D eigenvalue weighted by atomic mass is 10.2. The second-order valence-electron chi connectivity index (χ2n) is 3.69. The number of ether oxygens (including phenoxy) is 1. The molecule has 1 heterocycles. The van der Waals surface area contributed by atoms with Gasteiger partial charge >= 0.3 is 12.1 Å². The topological polar surface area (TPSA) is 72.3 Å². The minimum Gasteiger partial charge on any atom is -0.478 e. The van der Waals surface area contributed by atoms with Gasteiger partial charge in [-0.05, 0) is 30.3 Å². The third-order valence-corrected chi connectivity index (χ3v) is 2.25. The molecule has 0 fully saturated rings. The first-order valence-corrected chi connectivity index (χ1v) is 5.28. The predicted octanol–water partition coefficient (Wildman–Crippen LogP) is 2.99. The minimum atomic E-state index is -4.56. The van der Waals surface area contributed by atoms with E-state index in [1.165, 1.54) is 24.3 Å². The van der Waals surface area contributed by atoms with Crippen molar-refractivity contribution in [3.63, 3.8) is 0 Å². The zero-order valence-corrected chi connectivity index (χ0v) is 9.76. The highest BCUT2D eigenvalue weighted by atomic mass is 19.4. The number of alkyl halides is 3. The van der Waals surface area contributed by atoms with Gasteiger partial charge < -0.3 is 9.84 Å². The molecule has 5 nitrogen and oxygen atoms in total. The summed E-state index contributed by atoms with van der Waals surface area (Å²) in [4.78, 5) is 10.6. The van der Waals surface area contributed by atoms with E-state index in [-0.39, 0.29) is 17.2 Å². The number of hydrogen-bond acceptors (Lipinski definition) is 4. The van der Waals surface area contributed by atoms with E-state index in [0.29, 0.717) is 0 Å². The van der Waals surface area contributed by atoms with Gasteiger partial charge in [-0.3, -0.25) is 0 Å². The van der Waals surface area contributed by atoms with Crippen LogP contribution in [0.1, 0.15) is 16.1 Å². The van der Waals surface area contributed by atoms with Crippen molar-refractivity contribution in [2.24, 2.45) is 0 Å². The number of rotatable bonds is 3. The Labute approximate surface area is 110 Å². The van der Waals surface area contributed by atoms with Crippen molar-refractivity contribution in [3.8, 4) is 11.6 Å². The second-order valence-corrected chi connectivity index (χ2v) is 3.69. The summed E-state index contributed by atoms with van der Waals surface area (Å²) in [7, 11) is 0. The number of halogens is 3. The summed E-state index contributed by atoms with van der Waals surface area (Å²) < 4.78 is 41.9. The van der Waals surface area contributed by atoms with Gasteiger partial charge in [-0.25, -0.2) is 4.79 Å². The molecule has 0 spiro atoms. The molecule has 0 atom stereocenters. The van der Waals surface area contributed by atoms with Gasteiger partial charge in [0.2, 0.25) is 5.88 Å². The molecule has 0 saturated heterocycles. The van der Waals surface area contributed by atoms with Gasteiger partial charge in [0.15, 0.2) is 5.69 Å². The van der Waals surface area contributed by atoms with Crippen LogP contribution in [0.5, 0.6) is 11.6 Å². The molecule has 0 radical (unpaired) electrons. The molecule has 1 aromatic carbocycles. The number of carboxylic acid groups (broad SMARTS) is 1. The molecule has 0 amide bonds. The molecule has 2 aromatic rings. The Hall–Kier alpha value is -2.64. The van der Waals surface area contributed by atoms with Crippen LogP contribution in [-0.4, -0.2) is 21.3 Å². The van der Waals surface area contributed by atoms with Crippen molar-refractivity contribution < 1.29 is 27.8 Å². The molecule has 0 aliphatic heterocycles. The van der Waals surface area contributed by atoms with E-state index in [4.69, 9.17) is 9.84 Å². The zero-order chi connectivity index (χ0) is 14.8. The number of carboxylic acids is 1. The highest BCUT2D eigenvalue weighted by Gasteiger charge is 2.32. The molecule has 0 unspecified atom stereocenters.